The lowest BCUT2D eigenvalue weighted by Crippen LogP contribution is -2.51. The molecule has 4 rings (SSSR count). The minimum absolute atomic E-state index is 0.301. The summed E-state index contributed by atoms with van der Waals surface area (Å²) in [5.41, 5.74) is 0.827. The number of anilines is 1. The molecule has 2 fully saturated rings. The Morgan fingerprint density at radius 1 is 1.38 bits per heavy atom. The van der Waals surface area contributed by atoms with Gasteiger partial charge >= 0.3 is 0 Å². The van der Waals surface area contributed by atoms with E-state index in [0.29, 0.717) is 12.1 Å². The van der Waals surface area contributed by atoms with E-state index in [1.54, 1.807) is 0 Å². The molecule has 7 heteroatoms. The van der Waals surface area contributed by atoms with Crippen molar-refractivity contribution >= 4 is 11.5 Å². The number of hydrogen-bond acceptors (Lipinski definition) is 6. The van der Waals surface area contributed by atoms with Crippen molar-refractivity contribution in [3.8, 4) is 0 Å². The second-order valence-electron chi connectivity index (χ2n) is 5.80. The highest BCUT2D eigenvalue weighted by atomic mass is 16.5. The lowest BCUT2D eigenvalue weighted by molar-refractivity contribution is 0.0933. The van der Waals surface area contributed by atoms with E-state index in [9.17, 15) is 0 Å². The van der Waals surface area contributed by atoms with Crippen molar-refractivity contribution in [2.75, 3.05) is 31.2 Å². The Morgan fingerprint density at radius 3 is 3.14 bits per heavy atom. The van der Waals surface area contributed by atoms with Gasteiger partial charge in [-0.25, -0.2) is 4.98 Å². The van der Waals surface area contributed by atoms with Crippen LogP contribution in [0.15, 0.2) is 12.4 Å². The number of ether oxygens (including phenoxy) is 1. The Balaban J connectivity index is 1.63. The predicted octanol–water partition coefficient (Wildman–Crippen LogP) is 0.390. The van der Waals surface area contributed by atoms with Gasteiger partial charge < -0.3 is 15.0 Å². The Labute approximate surface area is 123 Å². The van der Waals surface area contributed by atoms with Crippen LogP contribution in [-0.4, -0.2) is 58.0 Å². The minimum atomic E-state index is 0.301. The summed E-state index contributed by atoms with van der Waals surface area (Å²) in [6.45, 7) is 5.19. The number of aromatic nitrogens is 4. The van der Waals surface area contributed by atoms with Crippen LogP contribution >= 0.6 is 0 Å². The molecule has 0 spiro atoms. The van der Waals surface area contributed by atoms with Crippen LogP contribution in [0.3, 0.4) is 0 Å². The SMILES string of the molecule is Cc1nnc2c(N3CCOCC3CNC3CC3)nccn12. The Bertz CT molecular complexity index is 637. The molecular formula is C14H20N6O. The van der Waals surface area contributed by atoms with E-state index < -0.39 is 0 Å². The van der Waals surface area contributed by atoms with E-state index in [1.807, 2.05) is 23.7 Å². The van der Waals surface area contributed by atoms with Gasteiger partial charge in [-0.05, 0) is 19.8 Å². The fourth-order valence-corrected chi connectivity index (χ4v) is 2.82. The molecular weight excluding hydrogens is 268 g/mol. The maximum absolute atomic E-state index is 5.65. The first-order valence-electron chi connectivity index (χ1n) is 7.57. The molecule has 1 unspecified atom stereocenters. The zero-order chi connectivity index (χ0) is 14.2. The van der Waals surface area contributed by atoms with Gasteiger partial charge in [0, 0.05) is 31.5 Å². The van der Waals surface area contributed by atoms with Gasteiger partial charge in [0.25, 0.3) is 0 Å². The van der Waals surface area contributed by atoms with Gasteiger partial charge in [-0.15, -0.1) is 10.2 Å². The first-order valence-corrected chi connectivity index (χ1v) is 7.57. The van der Waals surface area contributed by atoms with Crippen molar-refractivity contribution in [1.29, 1.82) is 0 Å². The first kappa shape index (κ1) is 13.0. The first-order chi connectivity index (χ1) is 10.3. The van der Waals surface area contributed by atoms with Gasteiger partial charge in [0.2, 0.25) is 5.65 Å². The molecule has 2 aromatic heterocycles. The van der Waals surface area contributed by atoms with Crippen molar-refractivity contribution in [3.05, 3.63) is 18.2 Å². The summed E-state index contributed by atoms with van der Waals surface area (Å²) in [6, 6.07) is 1.00. The third-order valence-corrected chi connectivity index (χ3v) is 4.20. The van der Waals surface area contributed by atoms with Gasteiger partial charge in [0.1, 0.15) is 5.82 Å². The average molecular weight is 288 g/mol. The van der Waals surface area contributed by atoms with Gasteiger partial charge in [-0.2, -0.15) is 0 Å². The van der Waals surface area contributed by atoms with Crippen molar-refractivity contribution in [2.24, 2.45) is 0 Å². The quantitative estimate of drug-likeness (QED) is 0.878. The zero-order valence-electron chi connectivity index (χ0n) is 12.2. The maximum atomic E-state index is 5.65. The standard InChI is InChI=1S/C14H20N6O/c1-10-17-18-14-13(15-4-5-19(10)14)20-6-7-21-9-12(20)8-16-11-2-3-11/h4-5,11-12,16H,2-3,6-9H2,1H3. The monoisotopic (exact) mass is 288 g/mol. The van der Waals surface area contributed by atoms with Gasteiger partial charge in [0.05, 0.1) is 19.3 Å². The second-order valence-corrected chi connectivity index (χ2v) is 5.80. The molecule has 0 amide bonds. The normalized spacial score (nSPS) is 22.9. The van der Waals surface area contributed by atoms with Crippen molar-refractivity contribution in [1.82, 2.24) is 24.9 Å². The lowest BCUT2D eigenvalue weighted by Gasteiger charge is -2.36. The number of nitrogens with one attached hydrogen (secondary N) is 1. The van der Waals surface area contributed by atoms with Gasteiger partial charge in [-0.1, -0.05) is 0 Å². The van der Waals surface area contributed by atoms with E-state index in [0.717, 1.165) is 43.6 Å². The second kappa shape index (κ2) is 5.23. The average Bonchev–Trinajstić information content (AvgIpc) is 3.28. The molecule has 7 nitrogen and oxygen atoms in total. The molecule has 1 atom stereocenters. The molecule has 1 saturated carbocycles. The highest BCUT2D eigenvalue weighted by Gasteiger charge is 2.29. The van der Waals surface area contributed by atoms with Crippen molar-refractivity contribution in [2.45, 2.75) is 31.8 Å². The molecule has 1 aliphatic heterocycles. The molecule has 0 bridgehead atoms. The number of hydrogen-bond donors (Lipinski definition) is 1. The summed E-state index contributed by atoms with van der Waals surface area (Å²) in [4.78, 5) is 6.86. The van der Waals surface area contributed by atoms with Crippen LogP contribution in [-0.2, 0) is 4.74 Å². The number of morpholine rings is 1. The van der Waals surface area contributed by atoms with Crippen LogP contribution in [0, 0.1) is 6.92 Å². The highest BCUT2D eigenvalue weighted by Crippen LogP contribution is 2.23. The van der Waals surface area contributed by atoms with Crippen LogP contribution in [0.4, 0.5) is 5.82 Å². The smallest absolute Gasteiger partial charge is 0.203 e. The summed E-state index contributed by atoms with van der Waals surface area (Å²) in [7, 11) is 0. The van der Waals surface area contributed by atoms with Crippen LogP contribution in [0.25, 0.3) is 5.65 Å². The van der Waals surface area contributed by atoms with Crippen LogP contribution < -0.4 is 10.2 Å². The molecule has 0 aromatic carbocycles. The summed E-state index contributed by atoms with van der Waals surface area (Å²) in [6.07, 6.45) is 6.32. The van der Waals surface area contributed by atoms with Crippen LogP contribution in [0.1, 0.15) is 18.7 Å². The number of fused-ring (bicyclic) bond motifs is 1. The lowest BCUT2D eigenvalue weighted by atomic mass is 10.2. The molecule has 21 heavy (non-hydrogen) atoms. The summed E-state index contributed by atoms with van der Waals surface area (Å²) < 4.78 is 7.64. The third kappa shape index (κ3) is 2.47. The molecule has 1 aliphatic carbocycles. The molecule has 112 valence electrons. The molecule has 1 saturated heterocycles. The Kier molecular flexibility index (Phi) is 3.23. The topological polar surface area (TPSA) is 67.6 Å². The zero-order valence-corrected chi connectivity index (χ0v) is 12.2. The van der Waals surface area contributed by atoms with E-state index in [-0.39, 0.29) is 0 Å². The van der Waals surface area contributed by atoms with Crippen molar-refractivity contribution < 1.29 is 4.74 Å². The highest BCUT2D eigenvalue weighted by molar-refractivity contribution is 5.64. The van der Waals surface area contributed by atoms with Crippen LogP contribution in [0.5, 0.6) is 0 Å². The number of aryl methyl sites for hydroxylation is 1. The minimum Gasteiger partial charge on any atom is -0.377 e. The molecule has 1 N–H and O–H groups in total. The van der Waals surface area contributed by atoms with Gasteiger partial charge in [-0.3, -0.25) is 4.40 Å². The van der Waals surface area contributed by atoms with E-state index in [1.165, 1.54) is 12.8 Å². The Morgan fingerprint density at radius 2 is 2.29 bits per heavy atom. The molecule has 2 aromatic rings. The van der Waals surface area contributed by atoms with Gasteiger partial charge in [0.15, 0.2) is 5.82 Å². The summed E-state index contributed by atoms with van der Waals surface area (Å²) in [5, 5.41) is 12.0. The van der Waals surface area contributed by atoms with Crippen molar-refractivity contribution in [3.63, 3.8) is 0 Å². The molecule has 3 heterocycles. The predicted molar refractivity (Wildman–Crippen MR) is 78.5 cm³/mol. The summed E-state index contributed by atoms with van der Waals surface area (Å²) in [5.74, 6) is 1.79. The van der Waals surface area contributed by atoms with Crippen LogP contribution in [0.2, 0.25) is 0 Å². The van der Waals surface area contributed by atoms with E-state index in [2.05, 4.69) is 25.4 Å². The van der Waals surface area contributed by atoms with E-state index >= 15 is 0 Å². The summed E-state index contributed by atoms with van der Waals surface area (Å²) >= 11 is 0. The molecule has 0 radical (unpaired) electrons. The molecule has 2 aliphatic rings. The number of nitrogens with zero attached hydrogens (tertiary/aromatic N) is 5. The largest absolute Gasteiger partial charge is 0.377 e. The third-order valence-electron chi connectivity index (χ3n) is 4.20. The Hall–Kier alpha value is -1.73. The fraction of sp³-hybridized carbons (Fsp3) is 0.643. The number of rotatable bonds is 4. The fourth-order valence-electron chi connectivity index (χ4n) is 2.82. The van der Waals surface area contributed by atoms with E-state index in [4.69, 9.17) is 4.74 Å². The maximum Gasteiger partial charge on any atom is 0.203 e.